The van der Waals surface area contributed by atoms with Crippen LogP contribution in [0.25, 0.3) is 0 Å². The molecule has 0 bridgehead atoms. The molecule has 80 valence electrons. The lowest BCUT2D eigenvalue weighted by molar-refractivity contribution is -0.163. The van der Waals surface area contributed by atoms with Gasteiger partial charge in [-0.2, -0.15) is 0 Å². The fraction of sp³-hybridized carbons (Fsp3) is 1.00. The maximum Gasteiger partial charge on any atom is 0.156 e. The van der Waals surface area contributed by atoms with E-state index >= 15 is 0 Å². The zero-order valence-electron chi connectivity index (χ0n) is 7.96. The van der Waals surface area contributed by atoms with Gasteiger partial charge in [0.25, 0.3) is 0 Å². The molecule has 0 aromatic heterocycles. The highest BCUT2D eigenvalue weighted by Crippen LogP contribution is 2.31. The van der Waals surface area contributed by atoms with Gasteiger partial charge < -0.3 is 19.3 Å². The van der Waals surface area contributed by atoms with Crippen molar-refractivity contribution in [2.24, 2.45) is 0 Å². The molecule has 3 rings (SSSR count). The summed E-state index contributed by atoms with van der Waals surface area (Å²) < 4.78 is 16.3. The van der Waals surface area contributed by atoms with Crippen LogP contribution in [0.5, 0.6) is 0 Å². The lowest BCUT2D eigenvalue weighted by Gasteiger charge is -2.34. The third-order valence-electron chi connectivity index (χ3n) is 3.21. The molecule has 0 saturated carbocycles. The molecule has 0 aromatic carbocycles. The molecule has 3 saturated heterocycles. The molecule has 2 unspecified atom stereocenters. The Morgan fingerprint density at radius 3 is 3.14 bits per heavy atom. The van der Waals surface area contributed by atoms with Crippen LogP contribution in [0.2, 0.25) is 0 Å². The summed E-state index contributed by atoms with van der Waals surface area (Å²) in [5, 5.41) is 9.41. The van der Waals surface area contributed by atoms with Crippen LogP contribution in [0, 0.1) is 0 Å². The number of hydrogen-bond acceptors (Lipinski definition) is 5. The standard InChI is InChI=1S/C9H15NO4/c11-9-3-6-7(4-13-9)14-8-5-12-2-1-10(6)8/h6-9,11H,1-5H2/t6?,7-,8-,9?/m1/s1. The first kappa shape index (κ1) is 9.06. The summed E-state index contributed by atoms with van der Waals surface area (Å²) in [5.74, 6) is 0. The quantitative estimate of drug-likeness (QED) is 0.553. The Morgan fingerprint density at radius 2 is 2.21 bits per heavy atom. The average molecular weight is 201 g/mol. The van der Waals surface area contributed by atoms with E-state index in [2.05, 4.69) is 4.90 Å². The van der Waals surface area contributed by atoms with Gasteiger partial charge in [-0.15, -0.1) is 0 Å². The first-order valence-electron chi connectivity index (χ1n) is 5.13. The van der Waals surface area contributed by atoms with Crippen molar-refractivity contribution >= 4 is 0 Å². The molecule has 0 amide bonds. The van der Waals surface area contributed by atoms with Gasteiger partial charge in [0.2, 0.25) is 0 Å². The van der Waals surface area contributed by atoms with Crippen molar-refractivity contribution in [1.29, 1.82) is 0 Å². The molecule has 0 aromatic rings. The van der Waals surface area contributed by atoms with Crippen molar-refractivity contribution in [1.82, 2.24) is 4.90 Å². The Bertz CT molecular complexity index is 225. The highest BCUT2D eigenvalue weighted by Gasteiger charge is 2.46. The average Bonchev–Trinajstić information content (AvgIpc) is 2.56. The Hall–Kier alpha value is -0.200. The molecule has 1 N–H and O–H groups in total. The van der Waals surface area contributed by atoms with Crippen molar-refractivity contribution in [2.75, 3.05) is 26.4 Å². The van der Waals surface area contributed by atoms with Gasteiger partial charge in [-0.1, -0.05) is 0 Å². The Balaban J connectivity index is 1.75. The number of morpholine rings is 1. The van der Waals surface area contributed by atoms with Crippen LogP contribution < -0.4 is 0 Å². The van der Waals surface area contributed by atoms with E-state index in [-0.39, 0.29) is 12.3 Å². The minimum absolute atomic E-state index is 0.0765. The van der Waals surface area contributed by atoms with Crippen LogP contribution >= 0.6 is 0 Å². The Morgan fingerprint density at radius 1 is 1.29 bits per heavy atom. The second-order valence-electron chi connectivity index (χ2n) is 4.03. The SMILES string of the molecule is OC1CC2[C@@H](CO1)O[C@@H]1COCCN21. The van der Waals surface area contributed by atoms with Crippen molar-refractivity contribution in [3.8, 4) is 0 Å². The van der Waals surface area contributed by atoms with E-state index in [1.54, 1.807) is 0 Å². The fourth-order valence-electron chi connectivity index (χ4n) is 2.51. The molecule has 0 aliphatic carbocycles. The predicted molar refractivity (Wildman–Crippen MR) is 46.5 cm³/mol. The van der Waals surface area contributed by atoms with Gasteiger partial charge >= 0.3 is 0 Å². The van der Waals surface area contributed by atoms with E-state index in [0.29, 0.717) is 25.7 Å². The number of aliphatic hydroxyl groups excluding tert-OH is 1. The zero-order valence-corrected chi connectivity index (χ0v) is 7.96. The normalized spacial score (nSPS) is 48.6. The van der Waals surface area contributed by atoms with E-state index in [4.69, 9.17) is 14.2 Å². The number of hydrogen-bond donors (Lipinski definition) is 1. The number of nitrogens with zero attached hydrogens (tertiary/aromatic N) is 1. The molecule has 5 heteroatoms. The summed E-state index contributed by atoms with van der Waals surface area (Å²) in [6.45, 7) is 2.81. The molecule has 14 heavy (non-hydrogen) atoms. The first-order chi connectivity index (χ1) is 6.84. The monoisotopic (exact) mass is 201 g/mol. The molecule has 4 atom stereocenters. The molecule has 0 spiro atoms. The largest absolute Gasteiger partial charge is 0.376 e. The van der Waals surface area contributed by atoms with Gasteiger partial charge in [0.1, 0.15) is 6.23 Å². The number of aliphatic hydroxyl groups is 1. The maximum atomic E-state index is 9.41. The molecular formula is C9H15NO4. The van der Waals surface area contributed by atoms with E-state index in [0.717, 1.165) is 13.2 Å². The molecule has 3 fully saturated rings. The summed E-state index contributed by atoms with van der Waals surface area (Å²) in [6, 6.07) is 0.313. The summed E-state index contributed by atoms with van der Waals surface area (Å²) >= 11 is 0. The second kappa shape index (κ2) is 3.43. The third kappa shape index (κ3) is 1.36. The van der Waals surface area contributed by atoms with E-state index in [9.17, 15) is 5.11 Å². The maximum absolute atomic E-state index is 9.41. The predicted octanol–water partition coefficient (Wildman–Crippen LogP) is -0.849. The first-order valence-corrected chi connectivity index (χ1v) is 5.13. The van der Waals surface area contributed by atoms with Gasteiger partial charge in [-0.05, 0) is 0 Å². The van der Waals surface area contributed by atoms with E-state index in [1.807, 2.05) is 0 Å². The fourth-order valence-corrected chi connectivity index (χ4v) is 2.51. The molecule has 3 aliphatic heterocycles. The summed E-state index contributed by atoms with van der Waals surface area (Å²) in [4.78, 5) is 2.29. The van der Waals surface area contributed by atoms with Crippen LogP contribution in [0.1, 0.15) is 6.42 Å². The van der Waals surface area contributed by atoms with Crippen molar-refractivity contribution in [3.63, 3.8) is 0 Å². The van der Waals surface area contributed by atoms with Gasteiger partial charge in [-0.25, -0.2) is 0 Å². The van der Waals surface area contributed by atoms with Crippen molar-refractivity contribution < 1.29 is 19.3 Å². The molecule has 3 heterocycles. The smallest absolute Gasteiger partial charge is 0.156 e. The second-order valence-corrected chi connectivity index (χ2v) is 4.03. The van der Waals surface area contributed by atoms with Crippen LogP contribution in [-0.4, -0.2) is 61.0 Å². The topological polar surface area (TPSA) is 51.2 Å². The summed E-state index contributed by atoms with van der Waals surface area (Å²) in [5.41, 5.74) is 0. The Kier molecular flexibility index (Phi) is 2.22. The number of ether oxygens (including phenoxy) is 3. The highest BCUT2D eigenvalue weighted by atomic mass is 16.6. The number of fused-ring (bicyclic) bond motifs is 3. The molecular weight excluding hydrogens is 186 g/mol. The molecule has 5 nitrogen and oxygen atoms in total. The van der Waals surface area contributed by atoms with Crippen molar-refractivity contribution in [3.05, 3.63) is 0 Å². The zero-order chi connectivity index (χ0) is 9.54. The van der Waals surface area contributed by atoms with Crippen molar-refractivity contribution in [2.45, 2.75) is 31.1 Å². The Labute approximate surface area is 82.5 Å². The van der Waals surface area contributed by atoms with Gasteiger partial charge in [0, 0.05) is 19.0 Å². The minimum atomic E-state index is -0.624. The molecule has 0 radical (unpaired) electrons. The van der Waals surface area contributed by atoms with E-state index in [1.165, 1.54) is 0 Å². The van der Waals surface area contributed by atoms with E-state index < -0.39 is 6.29 Å². The van der Waals surface area contributed by atoms with Gasteiger partial charge in [0.15, 0.2) is 6.29 Å². The summed E-state index contributed by atoms with van der Waals surface area (Å²) in [6.07, 6.45) is 0.223. The van der Waals surface area contributed by atoms with Crippen LogP contribution in [0.4, 0.5) is 0 Å². The minimum Gasteiger partial charge on any atom is -0.376 e. The van der Waals surface area contributed by atoms with Gasteiger partial charge in [-0.3, -0.25) is 4.90 Å². The van der Waals surface area contributed by atoms with Crippen LogP contribution in [0.15, 0.2) is 0 Å². The van der Waals surface area contributed by atoms with Crippen LogP contribution in [-0.2, 0) is 14.2 Å². The lowest BCUT2D eigenvalue weighted by atomic mass is 10.0. The lowest BCUT2D eigenvalue weighted by Crippen LogP contribution is -2.49. The molecule has 3 aliphatic rings. The van der Waals surface area contributed by atoms with Gasteiger partial charge in [0.05, 0.1) is 25.9 Å². The van der Waals surface area contributed by atoms with Crippen LogP contribution in [0.3, 0.4) is 0 Å². The summed E-state index contributed by atoms with van der Waals surface area (Å²) in [7, 11) is 0. The third-order valence-corrected chi connectivity index (χ3v) is 3.21. The number of rotatable bonds is 0. The highest BCUT2D eigenvalue weighted by molar-refractivity contribution is 4.92.